The van der Waals surface area contributed by atoms with Gasteiger partial charge in [-0.15, -0.1) is 0 Å². The molecule has 4 unspecified atom stereocenters. The van der Waals surface area contributed by atoms with E-state index < -0.39 is 17.9 Å². The van der Waals surface area contributed by atoms with Crippen molar-refractivity contribution >= 4 is 29.7 Å². The minimum absolute atomic E-state index is 0.0174. The highest BCUT2D eigenvalue weighted by Gasteiger charge is 2.25. The van der Waals surface area contributed by atoms with E-state index in [1.54, 1.807) is 0 Å². The maximum atomic E-state index is 12.8. The largest absolute Gasteiger partial charge is 0.466 e. The van der Waals surface area contributed by atoms with Gasteiger partial charge in [0, 0.05) is 31.1 Å². The van der Waals surface area contributed by atoms with Crippen LogP contribution in [0.1, 0.15) is 151 Å². The highest BCUT2D eigenvalue weighted by Crippen LogP contribution is 2.23. The number of ketones is 1. The highest BCUT2D eigenvalue weighted by molar-refractivity contribution is 5.78. The van der Waals surface area contributed by atoms with E-state index in [1.165, 1.54) is 52.4 Å². The van der Waals surface area contributed by atoms with E-state index in [1.807, 2.05) is 13.8 Å². The van der Waals surface area contributed by atoms with E-state index in [-0.39, 0.29) is 68.1 Å². The molecule has 0 bridgehead atoms. The van der Waals surface area contributed by atoms with E-state index in [9.17, 15) is 24.0 Å². The SMILES string of the molecule is CCCCCCCCOC(=O)CC(COC(=O)CCCCCCCC)CC(=O)OCC(C)CCC(COC(C)=O)C(C)C(C)=O. The van der Waals surface area contributed by atoms with Crippen molar-refractivity contribution < 1.29 is 42.9 Å². The zero-order chi connectivity index (χ0) is 33.9. The molecule has 0 aliphatic heterocycles. The third kappa shape index (κ3) is 25.4. The van der Waals surface area contributed by atoms with Gasteiger partial charge in [-0.05, 0) is 38.5 Å². The molecule has 0 amide bonds. The highest BCUT2D eigenvalue weighted by atomic mass is 16.5. The van der Waals surface area contributed by atoms with Crippen LogP contribution in [-0.4, -0.2) is 56.1 Å². The van der Waals surface area contributed by atoms with Crippen LogP contribution in [-0.2, 0) is 42.9 Å². The molecule has 0 saturated heterocycles. The topological polar surface area (TPSA) is 122 Å². The predicted molar refractivity (Wildman–Crippen MR) is 175 cm³/mol. The fourth-order valence-corrected chi connectivity index (χ4v) is 5.03. The Morgan fingerprint density at radius 2 is 1.09 bits per heavy atom. The first-order chi connectivity index (χ1) is 21.5. The molecule has 0 radical (unpaired) electrons. The van der Waals surface area contributed by atoms with Crippen LogP contribution in [0.25, 0.3) is 0 Å². The van der Waals surface area contributed by atoms with Crippen molar-refractivity contribution in [3.05, 3.63) is 0 Å². The van der Waals surface area contributed by atoms with Gasteiger partial charge in [0.2, 0.25) is 0 Å². The molecule has 0 fully saturated rings. The summed E-state index contributed by atoms with van der Waals surface area (Å²) in [5, 5.41) is 0. The molecule has 0 aromatic rings. The van der Waals surface area contributed by atoms with E-state index in [2.05, 4.69) is 13.8 Å². The molecular formula is C36H64O9. The molecule has 0 saturated carbocycles. The number of carbonyl (C=O) groups is 5. The molecule has 0 rings (SSSR count). The lowest BCUT2D eigenvalue weighted by Gasteiger charge is -2.23. The van der Waals surface area contributed by atoms with Crippen LogP contribution < -0.4 is 0 Å². The number of carbonyl (C=O) groups excluding carboxylic acids is 5. The number of hydrogen-bond donors (Lipinski definition) is 0. The second-order valence-electron chi connectivity index (χ2n) is 12.8. The van der Waals surface area contributed by atoms with Gasteiger partial charge in [-0.1, -0.05) is 91.9 Å². The van der Waals surface area contributed by atoms with E-state index in [0.29, 0.717) is 25.9 Å². The van der Waals surface area contributed by atoms with Crippen molar-refractivity contribution in [2.24, 2.45) is 23.7 Å². The molecule has 0 aliphatic rings. The van der Waals surface area contributed by atoms with Crippen LogP contribution >= 0.6 is 0 Å². The Morgan fingerprint density at radius 3 is 1.67 bits per heavy atom. The van der Waals surface area contributed by atoms with Crippen LogP contribution in [0.4, 0.5) is 0 Å². The molecule has 262 valence electrons. The van der Waals surface area contributed by atoms with Gasteiger partial charge in [-0.2, -0.15) is 0 Å². The molecule has 45 heavy (non-hydrogen) atoms. The molecule has 4 atom stereocenters. The average Bonchev–Trinajstić information content (AvgIpc) is 2.99. The van der Waals surface area contributed by atoms with Gasteiger partial charge in [0.15, 0.2) is 0 Å². The Labute approximate surface area is 273 Å². The zero-order valence-electron chi connectivity index (χ0n) is 29.3. The number of rotatable bonds is 29. The number of ether oxygens (including phenoxy) is 4. The number of esters is 4. The van der Waals surface area contributed by atoms with Gasteiger partial charge in [-0.25, -0.2) is 0 Å². The van der Waals surface area contributed by atoms with E-state index in [4.69, 9.17) is 18.9 Å². The van der Waals surface area contributed by atoms with Gasteiger partial charge >= 0.3 is 23.9 Å². The molecule has 0 N–H and O–H groups in total. The summed E-state index contributed by atoms with van der Waals surface area (Å²) in [5.41, 5.74) is 0. The van der Waals surface area contributed by atoms with Crippen molar-refractivity contribution in [1.82, 2.24) is 0 Å². The predicted octanol–water partition coefficient (Wildman–Crippen LogP) is 7.94. The minimum Gasteiger partial charge on any atom is -0.466 e. The molecular weight excluding hydrogens is 576 g/mol. The van der Waals surface area contributed by atoms with Crippen molar-refractivity contribution in [1.29, 1.82) is 0 Å². The van der Waals surface area contributed by atoms with Gasteiger partial charge in [0.1, 0.15) is 5.78 Å². The van der Waals surface area contributed by atoms with Crippen molar-refractivity contribution in [3.8, 4) is 0 Å². The van der Waals surface area contributed by atoms with Crippen molar-refractivity contribution in [2.75, 3.05) is 26.4 Å². The van der Waals surface area contributed by atoms with Crippen molar-refractivity contribution in [2.45, 2.75) is 151 Å². The third-order valence-electron chi connectivity index (χ3n) is 8.29. The van der Waals surface area contributed by atoms with Crippen LogP contribution in [0, 0.1) is 23.7 Å². The molecule has 0 aromatic carbocycles. The summed E-state index contributed by atoms with van der Waals surface area (Å²) in [6, 6.07) is 0. The summed E-state index contributed by atoms with van der Waals surface area (Å²) >= 11 is 0. The fourth-order valence-electron chi connectivity index (χ4n) is 5.03. The number of Topliss-reactive ketones (excluding diaryl/α,β-unsaturated/α-hetero) is 1. The van der Waals surface area contributed by atoms with E-state index >= 15 is 0 Å². The number of unbranched alkanes of at least 4 members (excludes halogenated alkanes) is 10. The lowest BCUT2D eigenvalue weighted by molar-refractivity contribution is -0.154. The lowest BCUT2D eigenvalue weighted by atomic mass is 9.86. The first-order valence-electron chi connectivity index (χ1n) is 17.6. The maximum absolute atomic E-state index is 12.8. The zero-order valence-corrected chi connectivity index (χ0v) is 29.3. The quantitative estimate of drug-likeness (QED) is 0.0455. The molecule has 0 spiro atoms. The molecule has 9 heteroatoms. The Bertz CT molecular complexity index is 825. The molecule has 9 nitrogen and oxygen atoms in total. The summed E-state index contributed by atoms with van der Waals surface area (Å²) in [6.45, 7) is 11.7. The van der Waals surface area contributed by atoms with Crippen LogP contribution in [0.15, 0.2) is 0 Å². The molecule has 0 aromatic heterocycles. The Morgan fingerprint density at radius 1 is 0.556 bits per heavy atom. The summed E-state index contributed by atoms with van der Waals surface area (Å²) < 4.78 is 21.6. The van der Waals surface area contributed by atoms with Gasteiger partial charge in [0.25, 0.3) is 0 Å². The number of hydrogen-bond acceptors (Lipinski definition) is 9. The third-order valence-corrected chi connectivity index (χ3v) is 8.29. The second kappa shape index (κ2) is 27.8. The van der Waals surface area contributed by atoms with Crippen LogP contribution in [0.3, 0.4) is 0 Å². The van der Waals surface area contributed by atoms with Gasteiger partial charge in [0.05, 0.1) is 39.3 Å². The summed E-state index contributed by atoms with van der Waals surface area (Å²) in [6.07, 6.45) is 14.5. The lowest BCUT2D eigenvalue weighted by Crippen LogP contribution is -2.26. The molecule has 0 aliphatic carbocycles. The molecule has 0 heterocycles. The van der Waals surface area contributed by atoms with Crippen LogP contribution in [0.5, 0.6) is 0 Å². The monoisotopic (exact) mass is 640 g/mol. The minimum atomic E-state index is -0.525. The Balaban J connectivity index is 4.84. The van der Waals surface area contributed by atoms with Crippen molar-refractivity contribution in [3.63, 3.8) is 0 Å². The second-order valence-corrected chi connectivity index (χ2v) is 12.8. The first kappa shape index (κ1) is 42.6. The first-order valence-corrected chi connectivity index (χ1v) is 17.6. The van der Waals surface area contributed by atoms with E-state index in [0.717, 1.165) is 38.5 Å². The van der Waals surface area contributed by atoms with Gasteiger partial charge in [-0.3, -0.25) is 24.0 Å². The maximum Gasteiger partial charge on any atom is 0.306 e. The Hall–Kier alpha value is -2.45. The smallest absolute Gasteiger partial charge is 0.306 e. The standard InChI is InChI=1S/C36H64O9/c1-7-9-11-13-15-17-19-34(39)45-26-32(23-35(40)42-22-18-16-14-12-10-8-2)24-36(41)44-25-28(3)20-21-33(27-43-31(6)38)29(4)30(5)37/h28-29,32-33H,7-27H2,1-6H3. The van der Waals surface area contributed by atoms with Gasteiger partial charge < -0.3 is 18.9 Å². The summed E-state index contributed by atoms with van der Waals surface area (Å²) in [5.74, 6) is -2.39. The average molecular weight is 641 g/mol. The summed E-state index contributed by atoms with van der Waals surface area (Å²) in [4.78, 5) is 60.8. The Kier molecular flexibility index (Phi) is 26.3. The normalized spacial score (nSPS) is 13.7. The van der Waals surface area contributed by atoms with Crippen LogP contribution in [0.2, 0.25) is 0 Å². The summed E-state index contributed by atoms with van der Waals surface area (Å²) in [7, 11) is 0. The fraction of sp³-hybridized carbons (Fsp3) is 0.861.